The number of aromatic nitrogens is 2. The predicted octanol–water partition coefficient (Wildman–Crippen LogP) is 17.1. The van der Waals surface area contributed by atoms with Crippen molar-refractivity contribution in [2.75, 3.05) is 0 Å². The van der Waals surface area contributed by atoms with E-state index in [0.717, 1.165) is 12.1 Å². The molecule has 0 aliphatic carbocycles. The monoisotopic (exact) mass is 1280 g/mol. The van der Waals surface area contributed by atoms with E-state index in [1.807, 2.05) is 39.5 Å². The molecule has 19 heteroatoms. The Kier molecular flexibility index (Phi) is 15.4. The fraction of sp³-hybridized carbons (Fsp3) is 0.0123. The molecule has 0 unspecified atom stereocenters. The normalized spacial score (nSPS) is 10.6. The molecule has 0 saturated carbocycles. The van der Waals surface area contributed by atoms with Gasteiger partial charge in [-0.2, -0.15) is 86.8 Å². The van der Waals surface area contributed by atoms with Gasteiger partial charge in [-0.05, 0) is 173 Å². The molecule has 2 aromatic heterocycles. The third-order valence-corrected chi connectivity index (χ3v) is 17.4. The predicted molar refractivity (Wildman–Crippen MR) is 359 cm³/mol. The molecule has 0 bridgehead atoms. The Morgan fingerprint density at radius 3 is 0.790 bits per heavy atom. The average Bonchev–Trinajstić information content (AvgIpc) is 1.53. The average molecular weight is 1280 g/mol. The number of halogens is 3. The van der Waals surface area contributed by atoms with E-state index in [9.17, 15) is 86.8 Å². The molecule has 0 radical (unpaired) electrons. The number of alkyl halides is 3. The molecule has 454 valence electrons. The number of hydrogen-bond donors (Lipinski definition) is 0. The van der Waals surface area contributed by atoms with E-state index in [1.54, 1.807) is 109 Å². The Morgan fingerprint density at radius 2 is 0.510 bits per heavy atom. The second kappa shape index (κ2) is 24.6. The number of rotatable bonds is 8. The Labute approximate surface area is 565 Å². The van der Waals surface area contributed by atoms with Crippen LogP contribution in [0.15, 0.2) is 176 Å². The molecule has 0 amide bonds. The number of fused-ring (bicyclic) bond motifs is 6. The first-order valence-electron chi connectivity index (χ1n) is 29.6. The molecule has 11 aromatic carbocycles. The van der Waals surface area contributed by atoms with Gasteiger partial charge in [0.2, 0.25) is 0 Å². The molecule has 13 rings (SSSR count). The number of nitrogens with zero attached hydrogens (tertiary/aromatic N) is 16. The van der Waals surface area contributed by atoms with Crippen molar-refractivity contribution in [3.63, 3.8) is 0 Å². The molecule has 0 aliphatic rings. The van der Waals surface area contributed by atoms with Crippen LogP contribution in [0, 0.1) is 159 Å². The van der Waals surface area contributed by atoms with E-state index in [1.165, 1.54) is 54.6 Å². The molecule has 13 aromatic rings. The van der Waals surface area contributed by atoms with Crippen LogP contribution in [0.3, 0.4) is 0 Å². The summed E-state index contributed by atoms with van der Waals surface area (Å²) < 4.78 is 47.0. The van der Waals surface area contributed by atoms with Gasteiger partial charge in [-0.3, -0.25) is 0 Å². The summed E-state index contributed by atoms with van der Waals surface area (Å²) in [5.74, 6) is 0. The van der Waals surface area contributed by atoms with E-state index < -0.39 is 11.7 Å². The van der Waals surface area contributed by atoms with Crippen molar-refractivity contribution in [3.8, 4) is 163 Å². The van der Waals surface area contributed by atoms with Crippen LogP contribution >= 0.6 is 0 Å². The highest BCUT2D eigenvalue weighted by Gasteiger charge is 2.32. The van der Waals surface area contributed by atoms with Crippen LogP contribution in [0.4, 0.5) is 13.2 Å². The van der Waals surface area contributed by atoms with Crippen LogP contribution < -0.4 is 0 Å². The van der Waals surface area contributed by atoms with Gasteiger partial charge in [-0.25, -0.2) is 0 Å². The van der Waals surface area contributed by atoms with E-state index in [0.29, 0.717) is 88.4 Å². The highest BCUT2D eigenvalue weighted by molar-refractivity contribution is 6.15. The first-order chi connectivity index (χ1) is 48.5. The van der Waals surface area contributed by atoms with Crippen LogP contribution in [0.25, 0.3) is 122 Å². The Balaban J connectivity index is 1.17. The first-order valence-corrected chi connectivity index (χ1v) is 29.6. The highest BCUT2D eigenvalue weighted by atomic mass is 19.4. The molecule has 0 spiro atoms. The second-order valence-electron chi connectivity index (χ2n) is 22.7. The highest BCUT2D eigenvalue weighted by Crippen LogP contribution is 2.47. The van der Waals surface area contributed by atoms with Crippen LogP contribution in [-0.4, -0.2) is 9.13 Å². The van der Waals surface area contributed by atoms with E-state index >= 15 is 0 Å². The summed E-state index contributed by atoms with van der Waals surface area (Å²) in [6.45, 7) is 0. The SMILES string of the molecule is N#Cc1cc(C#N)c(-c2ccc3c(c2)c2cc(-c4c(C#N)cc(C#N)cc4C#N)ccc2n3-c2ccc(C#N)cc2-c2cc(-c3ccc(C(F)(F)F)cc3C#N)ccc2-n2c3ccc(-c4c(C#N)cc(C#N)cc4C#N)cc3c3cc(-c4c(C#N)cc(C#N)cc4C#N)ccc32)c(C#N)c1. The van der Waals surface area contributed by atoms with Gasteiger partial charge in [0.05, 0.1) is 202 Å². The molecule has 2 heterocycles. The molecule has 0 N–H and O–H groups in total. The third-order valence-electron chi connectivity index (χ3n) is 17.4. The third kappa shape index (κ3) is 10.2. The lowest BCUT2D eigenvalue weighted by molar-refractivity contribution is -0.137. The Hall–Kier alpha value is -16.3. The van der Waals surface area contributed by atoms with Gasteiger partial charge in [-0.1, -0.05) is 36.4 Å². The minimum atomic E-state index is -4.83. The maximum absolute atomic E-state index is 14.4. The molecular formula is C81H29F3N16. The largest absolute Gasteiger partial charge is 0.416 e. The molecule has 0 atom stereocenters. The summed E-state index contributed by atoms with van der Waals surface area (Å²) >= 11 is 0. The summed E-state index contributed by atoms with van der Waals surface area (Å²) in [4.78, 5) is 0. The van der Waals surface area contributed by atoms with Crippen molar-refractivity contribution in [2.24, 2.45) is 0 Å². The lowest BCUT2D eigenvalue weighted by Crippen LogP contribution is -2.05. The van der Waals surface area contributed by atoms with Crippen molar-refractivity contribution >= 4 is 43.6 Å². The fourth-order valence-corrected chi connectivity index (χ4v) is 13.2. The summed E-state index contributed by atoms with van der Waals surface area (Å²) in [5.41, 5.74) is 4.85. The maximum atomic E-state index is 14.4. The van der Waals surface area contributed by atoms with Gasteiger partial charge in [0.15, 0.2) is 0 Å². The van der Waals surface area contributed by atoms with E-state index in [4.69, 9.17) is 0 Å². The zero-order valence-corrected chi connectivity index (χ0v) is 51.0. The standard InChI is InChI=1S/C81H29F3N16/c82-81(83,84)63-7-8-64(54(24-63)35-90)49-2-10-72(100-75-13-5-52(79-59(40-95)19-47(33-88)20-60(79)41-96)28-69(75)70-29-53(6-14-76(70)100)80-61(42-97)21-48(34-89)22-62(80)43-98)66(25-49)65-23-44(30-85)1-9-71(65)99-73-11-3-50(77-55(36-91)15-45(31-86)16-56(77)37-92)26-67(73)68-27-51(4-12-74(68)99)78-57(38-93)17-46(32-87)18-58(78)39-94/h1-29H. The minimum absolute atomic E-state index is 0.00996. The molecule has 0 aliphatic heterocycles. The topological polar surface area (TPSA) is 343 Å². The first kappa shape index (κ1) is 62.5. The number of hydrogen-bond acceptors (Lipinski definition) is 14. The van der Waals surface area contributed by atoms with Crippen LogP contribution in [0.5, 0.6) is 0 Å². The molecule has 16 nitrogen and oxygen atoms in total. The zero-order valence-electron chi connectivity index (χ0n) is 51.0. The van der Waals surface area contributed by atoms with Crippen LogP contribution in [0.1, 0.15) is 83.5 Å². The zero-order chi connectivity index (χ0) is 70.4. The number of benzene rings is 11. The Bertz CT molecular complexity index is 6150. The molecule has 100 heavy (non-hydrogen) atoms. The maximum Gasteiger partial charge on any atom is 0.416 e. The van der Waals surface area contributed by atoms with Gasteiger partial charge < -0.3 is 9.13 Å². The van der Waals surface area contributed by atoms with E-state index in [-0.39, 0.29) is 111 Å². The van der Waals surface area contributed by atoms with Crippen LogP contribution in [0.2, 0.25) is 0 Å². The van der Waals surface area contributed by atoms with Crippen molar-refractivity contribution in [1.82, 2.24) is 9.13 Å². The second-order valence-corrected chi connectivity index (χ2v) is 22.7. The van der Waals surface area contributed by atoms with Crippen molar-refractivity contribution in [2.45, 2.75) is 6.18 Å². The van der Waals surface area contributed by atoms with Crippen molar-refractivity contribution in [3.05, 3.63) is 259 Å². The number of nitriles is 14. The Morgan fingerprint density at radius 1 is 0.230 bits per heavy atom. The molecular weight excluding hydrogens is 1250 g/mol. The lowest BCUT2D eigenvalue weighted by atomic mass is 9.91. The fourth-order valence-electron chi connectivity index (χ4n) is 13.2. The quantitative estimate of drug-likeness (QED) is 0.136. The summed E-state index contributed by atoms with van der Waals surface area (Å²) in [7, 11) is 0. The summed E-state index contributed by atoms with van der Waals surface area (Å²) in [5, 5.41) is 148. The summed E-state index contributed by atoms with van der Waals surface area (Å²) in [6, 6.07) is 73.3. The molecule has 0 saturated heterocycles. The van der Waals surface area contributed by atoms with E-state index in [2.05, 4.69) is 54.6 Å². The minimum Gasteiger partial charge on any atom is -0.309 e. The van der Waals surface area contributed by atoms with Gasteiger partial charge in [0.25, 0.3) is 0 Å². The lowest BCUT2D eigenvalue weighted by Gasteiger charge is -2.21. The van der Waals surface area contributed by atoms with Gasteiger partial charge >= 0.3 is 6.18 Å². The van der Waals surface area contributed by atoms with Gasteiger partial charge in [0, 0.05) is 54.9 Å². The van der Waals surface area contributed by atoms with Crippen molar-refractivity contribution in [1.29, 1.82) is 73.7 Å². The van der Waals surface area contributed by atoms with Crippen LogP contribution in [-0.2, 0) is 6.18 Å². The van der Waals surface area contributed by atoms with Crippen molar-refractivity contribution < 1.29 is 13.2 Å². The smallest absolute Gasteiger partial charge is 0.309 e. The molecule has 0 fully saturated rings. The summed E-state index contributed by atoms with van der Waals surface area (Å²) in [6.07, 6.45) is -4.83. The van der Waals surface area contributed by atoms with Gasteiger partial charge in [-0.15, -0.1) is 0 Å². The van der Waals surface area contributed by atoms with Gasteiger partial charge in [0.1, 0.15) is 0 Å².